The molecule has 0 spiro atoms. The Morgan fingerprint density at radius 1 is 0.689 bits per heavy atom. The van der Waals surface area contributed by atoms with Crippen molar-refractivity contribution in [2.45, 2.75) is 104 Å². The fourth-order valence-electron chi connectivity index (χ4n) is 13.3. The predicted octanol–water partition coefficient (Wildman–Crippen LogP) is 5.47. The van der Waals surface area contributed by atoms with Crippen molar-refractivity contribution in [1.29, 1.82) is 0 Å². The molecule has 0 amide bonds. The van der Waals surface area contributed by atoms with Crippen LogP contribution in [0.4, 0.5) is 0 Å². The van der Waals surface area contributed by atoms with Crippen LogP contribution in [-0.4, -0.2) is 3.21 Å². The Bertz CT molecular complexity index is 1530. The van der Waals surface area contributed by atoms with E-state index < -0.39 is 21.3 Å². The van der Waals surface area contributed by atoms with Gasteiger partial charge in [0.25, 0.3) is 0 Å². The predicted molar refractivity (Wildman–Crippen MR) is 183 cm³/mol. The molecule has 7 rings (SSSR count). The number of halogens is 2. The Balaban J connectivity index is 0.00000200. The largest absolute Gasteiger partial charge is 1.00 e. The van der Waals surface area contributed by atoms with E-state index in [1.807, 2.05) is 6.49 Å². The summed E-state index contributed by atoms with van der Waals surface area (Å²) in [5.41, 5.74) is 1.72. The molecule has 9 atom stereocenters. The molecule has 0 aromatic rings. The molecule has 7 aliphatic carbocycles. The van der Waals surface area contributed by atoms with Gasteiger partial charge in [0.2, 0.25) is 0 Å². The summed E-state index contributed by atoms with van der Waals surface area (Å²) in [7, 11) is 0. The molecule has 9 unspecified atom stereocenters. The maximum atomic E-state index is 2.85. The van der Waals surface area contributed by atoms with Crippen LogP contribution in [0.5, 0.6) is 0 Å². The van der Waals surface area contributed by atoms with Crippen molar-refractivity contribution < 1.29 is 46.1 Å². The fourth-order valence-corrected chi connectivity index (χ4v) is 24.9. The van der Waals surface area contributed by atoms with Gasteiger partial charge < -0.3 is 24.8 Å². The van der Waals surface area contributed by atoms with Crippen molar-refractivity contribution in [3.05, 3.63) is 93.9 Å². The first-order valence-corrected chi connectivity index (χ1v) is 21.3. The summed E-state index contributed by atoms with van der Waals surface area (Å²) in [6, 6.07) is 0. The quantitative estimate of drug-likeness (QED) is 0.363. The number of fused-ring (bicyclic) bond motifs is 8. The topological polar surface area (TPSA) is 0 Å². The van der Waals surface area contributed by atoms with Crippen LogP contribution in [0.3, 0.4) is 0 Å². The van der Waals surface area contributed by atoms with Gasteiger partial charge in [0.15, 0.2) is 0 Å². The van der Waals surface area contributed by atoms with Crippen molar-refractivity contribution in [3.8, 4) is 0 Å². The minimum atomic E-state index is -2.44. The zero-order chi connectivity index (χ0) is 30.7. The zero-order valence-corrected chi connectivity index (χ0v) is 33.3. The van der Waals surface area contributed by atoms with Gasteiger partial charge in [0.1, 0.15) is 0 Å². The van der Waals surface area contributed by atoms with E-state index in [0.717, 1.165) is 5.92 Å². The van der Waals surface area contributed by atoms with Crippen LogP contribution in [-0.2, 0) is 21.3 Å². The standard InChI is InChI=1S/C29H37.C8H14.C5H5.2ClH.Zr/c1-21-14-13-15-22-20-27(6)25(4)18-10-9-16-23(25,2)24(3)17-11-12-19-26(24,5)29(27,8)28(21,22)7;1-2-8-6-4-3-5-7-8;1-2-4-5-3-1;;;/h9-20,22H,1-8H3;8H,3-7H2,1H3;1-3H,4H2;2*1H;/q;;;;;+2/p-2. The van der Waals surface area contributed by atoms with E-state index in [4.69, 9.17) is 0 Å². The molecule has 45 heavy (non-hydrogen) atoms. The third kappa shape index (κ3) is 3.80. The summed E-state index contributed by atoms with van der Waals surface area (Å²) < 4.78 is 4.56. The van der Waals surface area contributed by atoms with Crippen molar-refractivity contribution in [3.63, 3.8) is 0 Å². The molecule has 242 valence electrons. The SMILES string of the molecule is CC1=CC=CC2[CH](/[Zr+2]([C]3=CC=CC3)=[C](\C)C3CCCCC3)C3(C)C4(C)C=CC=CC4(C)C4(C)C=CC=CC4(C)C3(C)C12C.[Cl-].[Cl-]. The molecule has 3 fully saturated rings. The van der Waals surface area contributed by atoms with Crippen LogP contribution in [0.1, 0.15) is 101 Å². The Kier molecular flexibility index (Phi) is 9.02. The van der Waals surface area contributed by atoms with Gasteiger partial charge in [-0.15, -0.1) is 0 Å². The molecular formula is C42H56Cl2Zr. The van der Waals surface area contributed by atoms with E-state index in [0.29, 0.717) is 9.54 Å². The first-order valence-electron chi connectivity index (χ1n) is 17.5. The van der Waals surface area contributed by atoms with Gasteiger partial charge in [0, 0.05) is 0 Å². The average Bonchev–Trinajstić information content (AvgIpc) is 3.58. The molecule has 0 N–H and O–H groups in total. The second-order valence-electron chi connectivity index (χ2n) is 16.8. The van der Waals surface area contributed by atoms with Crippen LogP contribution in [0, 0.1) is 49.7 Å². The van der Waals surface area contributed by atoms with E-state index in [9.17, 15) is 0 Å². The maximum absolute atomic E-state index is 2.85. The fraction of sp³-hybridized carbons (Fsp3) is 0.595. The first-order chi connectivity index (χ1) is 20.3. The molecule has 0 saturated heterocycles. The summed E-state index contributed by atoms with van der Waals surface area (Å²) in [5, 5.41) is 0. The monoisotopic (exact) mass is 720 g/mol. The number of hydrogen-bond acceptors (Lipinski definition) is 0. The molecule has 0 nitrogen and oxygen atoms in total. The summed E-state index contributed by atoms with van der Waals surface area (Å²) in [6.45, 7) is 24.2. The smallest absolute Gasteiger partial charge is 1.00 e. The third-order valence-corrected chi connectivity index (χ3v) is 26.1. The molecule has 0 bridgehead atoms. The number of allylic oxidation sites excluding steroid dienone is 16. The average molecular weight is 723 g/mol. The summed E-state index contributed by atoms with van der Waals surface area (Å²) in [5.74, 6) is 1.39. The third-order valence-electron chi connectivity index (χ3n) is 16.6. The molecule has 0 aromatic carbocycles. The van der Waals surface area contributed by atoms with E-state index >= 15 is 0 Å². The second-order valence-corrected chi connectivity index (χ2v) is 23.8. The van der Waals surface area contributed by atoms with Crippen LogP contribution in [0.2, 0.25) is 3.63 Å². The van der Waals surface area contributed by atoms with Gasteiger partial charge >= 0.3 is 273 Å². The molecule has 0 heterocycles. The molecular weight excluding hydrogens is 667 g/mol. The van der Waals surface area contributed by atoms with Gasteiger partial charge in [-0.25, -0.2) is 0 Å². The van der Waals surface area contributed by atoms with Gasteiger partial charge in [-0.1, -0.05) is 0 Å². The Morgan fingerprint density at radius 2 is 1.24 bits per heavy atom. The van der Waals surface area contributed by atoms with Crippen molar-refractivity contribution in [1.82, 2.24) is 0 Å². The molecule has 0 radical (unpaired) electrons. The van der Waals surface area contributed by atoms with Crippen LogP contribution < -0.4 is 24.8 Å². The molecule has 0 aromatic heterocycles. The normalized spacial score (nSPS) is 47.4. The molecule has 7 aliphatic rings. The van der Waals surface area contributed by atoms with E-state index in [1.165, 1.54) is 38.5 Å². The zero-order valence-electron chi connectivity index (χ0n) is 29.3. The van der Waals surface area contributed by atoms with Crippen LogP contribution in [0.15, 0.2) is 93.9 Å². The number of rotatable bonds is 3. The Labute approximate surface area is 295 Å². The molecule has 3 saturated carbocycles. The minimum absolute atomic E-state index is 0. The van der Waals surface area contributed by atoms with E-state index in [2.05, 4.69) is 147 Å². The van der Waals surface area contributed by atoms with E-state index in [-0.39, 0.29) is 62.7 Å². The van der Waals surface area contributed by atoms with Gasteiger partial charge in [-0.05, 0) is 0 Å². The van der Waals surface area contributed by atoms with Gasteiger partial charge in [-0.2, -0.15) is 0 Å². The summed E-state index contributed by atoms with van der Waals surface area (Å²) >= 11 is -2.44. The van der Waals surface area contributed by atoms with Gasteiger partial charge in [0.05, 0.1) is 0 Å². The Hall–Kier alpha value is -0.747. The first kappa shape index (κ1) is 35.6. The van der Waals surface area contributed by atoms with Crippen LogP contribution >= 0.6 is 0 Å². The van der Waals surface area contributed by atoms with Crippen molar-refractivity contribution >= 4 is 3.21 Å². The summed E-state index contributed by atoms with van der Waals surface area (Å²) in [4.78, 5) is 0. The molecule has 3 heteroatoms. The maximum Gasteiger partial charge on any atom is -1.00 e. The van der Waals surface area contributed by atoms with Crippen LogP contribution in [0.25, 0.3) is 0 Å². The second kappa shape index (κ2) is 11.4. The van der Waals surface area contributed by atoms with Gasteiger partial charge in [-0.3, -0.25) is 0 Å². The van der Waals surface area contributed by atoms with Crippen molar-refractivity contribution in [2.75, 3.05) is 0 Å². The molecule has 0 aliphatic heterocycles. The summed E-state index contributed by atoms with van der Waals surface area (Å²) in [6.07, 6.45) is 43.8. The van der Waals surface area contributed by atoms with E-state index in [1.54, 1.807) is 5.57 Å². The number of hydrogen-bond donors (Lipinski definition) is 0. The Morgan fingerprint density at radius 3 is 1.82 bits per heavy atom. The van der Waals surface area contributed by atoms with Crippen molar-refractivity contribution in [2.24, 2.45) is 49.7 Å². The minimum Gasteiger partial charge on any atom is -1.00 e.